The predicted octanol–water partition coefficient (Wildman–Crippen LogP) is 3.09. The minimum atomic E-state index is -4.21. The van der Waals surface area contributed by atoms with Gasteiger partial charge >= 0.3 is 5.92 Å². The van der Waals surface area contributed by atoms with Crippen molar-refractivity contribution in [3.05, 3.63) is 34.9 Å². The molecule has 0 aromatic heterocycles. The van der Waals surface area contributed by atoms with E-state index in [1.54, 1.807) is 0 Å². The van der Waals surface area contributed by atoms with Crippen molar-refractivity contribution < 1.29 is 28.3 Å². The molecule has 1 unspecified atom stereocenters. The maximum Gasteiger partial charge on any atom is 0.337 e. The first-order valence-electron chi connectivity index (χ1n) is 11.3. The average Bonchev–Trinajstić information content (AvgIpc) is 3.52. The van der Waals surface area contributed by atoms with E-state index >= 15 is 8.78 Å². The molecule has 1 saturated heterocycles. The second-order valence-corrected chi connectivity index (χ2v) is 9.74. The number of Topliss-reactive ketones (excluding diaryl/α,β-unsaturated/α-hetero) is 1. The van der Waals surface area contributed by atoms with Crippen molar-refractivity contribution in [2.45, 2.75) is 63.0 Å². The number of nitrogens with zero attached hydrogens (tertiary/aromatic N) is 1. The van der Waals surface area contributed by atoms with Crippen LogP contribution in [0.1, 0.15) is 51.0 Å². The standard InChI is InChI=1S/C24H28ClF2N3O4/c1-23(34,18-4-2-3-5-19(18)25)24(26,27)20(31)12-16(10-14-6-7-14)22(33)30-17(13-28)11-15-8-9-29-21(15)32/h2-5,14-17,34H,6-12H2,1H3,(H,29,32)(H,30,33)/t15-,16+,17-,23?/m0/s1. The predicted molar refractivity (Wildman–Crippen MR) is 120 cm³/mol. The van der Waals surface area contributed by atoms with Gasteiger partial charge in [0.25, 0.3) is 0 Å². The van der Waals surface area contributed by atoms with Crippen LogP contribution in [0.2, 0.25) is 5.02 Å². The van der Waals surface area contributed by atoms with Gasteiger partial charge in [-0.05, 0) is 38.2 Å². The maximum absolute atomic E-state index is 15.2. The normalized spacial score (nSPS) is 21.6. The van der Waals surface area contributed by atoms with Crippen LogP contribution in [0.3, 0.4) is 0 Å². The minimum absolute atomic E-state index is 0.107. The summed E-state index contributed by atoms with van der Waals surface area (Å²) in [6.45, 7) is 1.31. The molecular formula is C24H28ClF2N3O4. The third kappa shape index (κ3) is 5.73. The highest BCUT2D eigenvalue weighted by molar-refractivity contribution is 6.31. The zero-order valence-corrected chi connectivity index (χ0v) is 19.6. The van der Waals surface area contributed by atoms with Crippen LogP contribution in [0.15, 0.2) is 24.3 Å². The number of aliphatic hydroxyl groups is 1. The second kappa shape index (κ2) is 10.4. The highest BCUT2D eigenvalue weighted by Gasteiger charge is 2.57. The molecule has 1 aliphatic heterocycles. The van der Waals surface area contributed by atoms with Crippen LogP contribution in [0.25, 0.3) is 0 Å². The zero-order valence-electron chi connectivity index (χ0n) is 18.8. The molecule has 1 aromatic carbocycles. The fourth-order valence-corrected chi connectivity index (χ4v) is 4.60. The molecule has 2 fully saturated rings. The van der Waals surface area contributed by atoms with E-state index < -0.39 is 47.5 Å². The highest BCUT2D eigenvalue weighted by Crippen LogP contribution is 2.43. The number of halogens is 3. The Kier molecular flexibility index (Phi) is 7.94. The van der Waals surface area contributed by atoms with Crippen molar-refractivity contribution in [1.82, 2.24) is 10.6 Å². The van der Waals surface area contributed by atoms with Crippen molar-refractivity contribution in [3.63, 3.8) is 0 Å². The van der Waals surface area contributed by atoms with Gasteiger partial charge in [-0.3, -0.25) is 14.4 Å². The summed E-state index contributed by atoms with van der Waals surface area (Å²) in [4.78, 5) is 37.5. The highest BCUT2D eigenvalue weighted by atomic mass is 35.5. The molecule has 2 aliphatic rings. The zero-order chi connectivity index (χ0) is 25.1. The van der Waals surface area contributed by atoms with Crippen LogP contribution in [-0.4, -0.2) is 41.2 Å². The molecule has 1 aromatic rings. The monoisotopic (exact) mass is 495 g/mol. The fourth-order valence-electron chi connectivity index (χ4n) is 4.28. The SMILES string of the molecule is CC(O)(c1ccccc1Cl)C(F)(F)C(=O)C[C@@H](CC1CC1)C(=O)N[C@H](C#N)C[C@@H]1CCNC1=O. The number of hydrogen-bond donors (Lipinski definition) is 3. The van der Waals surface area contributed by atoms with Crippen LogP contribution >= 0.6 is 11.6 Å². The van der Waals surface area contributed by atoms with Gasteiger partial charge in [-0.2, -0.15) is 14.0 Å². The maximum atomic E-state index is 15.2. The molecule has 0 bridgehead atoms. The summed E-state index contributed by atoms with van der Waals surface area (Å²) in [6, 6.07) is 6.45. The molecule has 34 heavy (non-hydrogen) atoms. The van der Waals surface area contributed by atoms with Crippen LogP contribution in [-0.2, 0) is 20.0 Å². The number of rotatable bonds is 11. The van der Waals surface area contributed by atoms with Gasteiger partial charge in [-0.25, -0.2) is 0 Å². The van der Waals surface area contributed by atoms with Gasteiger partial charge < -0.3 is 15.7 Å². The van der Waals surface area contributed by atoms with Crippen molar-refractivity contribution >= 4 is 29.2 Å². The number of nitriles is 1. The largest absolute Gasteiger partial charge is 0.379 e. The Morgan fingerprint density at radius 2 is 1.97 bits per heavy atom. The van der Waals surface area contributed by atoms with Gasteiger partial charge in [-0.1, -0.05) is 42.6 Å². The van der Waals surface area contributed by atoms with Crippen molar-refractivity contribution in [2.75, 3.05) is 6.54 Å². The van der Waals surface area contributed by atoms with Crippen molar-refractivity contribution in [2.24, 2.45) is 17.8 Å². The van der Waals surface area contributed by atoms with E-state index in [4.69, 9.17) is 11.6 Å². The van der Waals surface area contributed by atoms with E-state index in [2.05, 4.69) is 10.6 Å². The van der Waals surface area contributed by atoms with E-state index in [-0.39, 0.29) is 35.3 Å². The second-order valence-electron chi connectivity index (χ2n) is 9.33. The molecule has 7 nitrogen and oxygen atoms in total. The van der Waals surface area contributed by atoms with Gasteiger partial charge in [0, 0.05) is 35.4 Å². The van der Waals surface area contributed by atoms with Crippen molar-refractivity contribution in [3.8, 4) is 6.07 Å². The molecule has 4 atom stereocenters. The van der Waals surface area contributed by atoms with Gasteiger partial charge in [-0.15, -0.1) is 0 Å². The minimum Gasteiger partial charge on any atom is -0.379 e. The first-order chi connectivity index (χ1) is 16.0. The van der Waals surface area contributed by atoms with Gasteiger partial charge in [0.2, 0.25) is 17.6 Å². The summed E-state index contributed by atoms with van der Waals surface area (Å²) in [5, 5.41) is 25.2. The molecule has 3 N–H and O–H groups in total. The number of alkyl halides is 2. The summed E-state index contributed by atoms with van der Waals surface area (Å²) in [7, 11) is 0. The molecule has 10 heteroatoms. The fraction of sp³-hybridized carbons (Fsp3) is 0.583. The molecule has 2 amide bonds. The third-order valence-electron chi connectivity index (χ3n) is 6.63. The van der Waals surface area contributed by atoms with E-state index in [0.717, 1.165) is 19.8 Å². The number of carbonyl (C=O) groups is 3. The van der Waals surface area contributed by atoms with Crippen LogP contribution in [0.5, 0.6) is 0 Å². The lowest BCUT2D eigenvalue weighted by Crippen LogP contribution is -2.50. The van der Waals surface area contributed by atoms with Crippen LogP contribution in [0, 0.1) is 29.1 Å². The lowest BCUT2D eigenvalue weighted by atomic mass is 9.83. The average molecular weight is 496 g/mol. The summed E-state index contributed by atoms with van der Waals surface area (Å²) < 4.78 is 30.4. The Hall–Kier alpha value is -2.57. The Morgan fingerprint density at radius 3 is 2.53 bits per heavy atom. The number of hydrogen-bond acceptors (Lipinski definition) is 5. The first-order valence-corrected chi connectivity index (χ1v) is 11.7. The number of carbonyl (C=O) groups excluding carboxylic acids is 3. The van der Waals surface area contributed by atoms with E-state index in [9.17, 15) is 24.8 Å². The molecule has 1 aliphatic carbocycles. The molecule has 0 radical (unpaired) electrons. The molecule has 1 saturated carbocycles. The van der Waals surface area contributed by atoms with Crippen LogP contribution in [0.4, 0.5) is 8.78 Å². The topological polar surface area (TPSA) is 119 Å². The summed E-state index contributed by atoms with van der Waals surface area (Å²) in [6.07, 6.45) is 1.74. The molecule has 0 spiro atoms. The number of benzene rings is 1. The summed E-state index contributed by atoms with van der Waals surface area (Å²) in [5.41, 5.74) is -3.17. The van der Waals surface area contributed by atoms with Gasteiger partial charge in [0.05, 0.1) is 6.07 Å². The Bertz CT molecular complexity index is 991. The van der Waals surface area contributed by atoms with Crippen molar-refractivity contribution in [1.29, 1.82) is 5.26 Å². The molecular weight excluding hydrogens is 468 g/mol. The smallest absolute Gasteiger partial charge is 0.337 e. The Morgan fingerprint density at radius 1 is 1.29 bits per heavy atom. The molecule has 184 valence electrons. The van der Waals surface area contributed by atoms with Gasteiger partial charge in [0.15, 0.2) is 5.60 Å². The first kappa shape index (κ1) is 26.0. The lowest BCUT2D eigenvalue weighted by molar-refractivity contribution is -0.190. The number of ketones is 1. The third-order valence-corrected chi connectivity index (χ3v) is 6.96. The van der Waals surface area contributed by atoms with E-state index in [1.165, 1.54) is 24.3 Å². The Labute approximate surface area is 201 Å². The number of amides is 2. The quantitative estimate of drug-likeness (QED) is 0.436. The summed E-state index contributed by atoms with van der Waals surface area (Å²) in [5.74, 6) is -8.02. The molecule has 3 rings (SSSR count). The summed E-state index contributed by atoms with van der Waals surface area (Å²) >= 11 is 5.98. The number of nitrogens with one attached hydrogen (secondary N) is 2. The Balaban J connectivity index is 1.72. The molecule has 1 heterocycles. The van der Waals surface area contributed by atoms with E-state index in [1.807, 2.05) is 6.07 Å². The van der Waals surface area contributed by atoms with Gasteiger partial charge in [0.1, 0.15) is 6.04 Å². The van der Waals surface area contributed by atoms with E-state index in [0.29, 0.717) is 13.0 Å². The van der Waals surface area contributed by atoms with Crippen LogP contribution < -0.4 is 10.6 Å². The lowest BCUT2D eigenvalue weighted by Gasteiger charge is -2.33.